The maximum absolute atomic E-state index is 13.7. The summed E-state index contributed by atoms with van der Waals surface area (Å²) in [6.45, 7) is 0.0771. The van der Waals surface area contributed by atoms with Crippen molar-refractivity contribution in [1.29, 1.82) is 0 Å². The van der Waals surface area contributed by atoms with Crippen molar-refractivity contribution >= 4 is 17.5 Å². The van der Waals surface area contributed by atoms with Crippen LogP contribution in [0.2, 0.25) is 5.02 Å². The normalized spacial score (nSPS) is 10.6. The fourth-order valence-electron chi connectivity index (χ4n) is 2.15. The third-order valence-electron chi connectivity index (χ3n) is 3.39. The van der Waals surface area contributed by atoms with Crippen molar-refractivity contribution in [3.05, 3.63) is 70.8 Å². The summed E-state index contributed by atoms with van der Waals surface area (Å²) in [6, 6.07) is 12.8. The number of carbonyl (C=O) groups is 1. The van der Waals surface area contributed by atoms with E-state index in [1.54, 1.807) is 37.4 Å². The molecule has 3 aromatic rings. The number of hydrogen-bond acceptors (Lipinski definition) is 4. The standard InChI is InChI=1S/C17H13ClFN3O2/c1-22(17(23)13-4-2-3-5-14(13)19)10-15-20-16(21-24-15)11-6-8-12(18)9-7-11/h2-9H,10H2,1H3. The molecule has 0 saturated heterocycles. The molecule has 0 aliphatic carbocycles. The molecule has 2 aromatic carbocycles. The number of aromatic nitrogens is 2. The van der Waals surface area contributed by atoms with Gasteiger partial charge in [-0.2, -0.15) is 4.98 Å². The summed E-state index contributed by atoms with van der Waals surface area (Å²) < 4.78 is 18.8. The van der Waals surface area contributed by atoms with Crippen molar-refractivity contribution in [2.45, 2.75) is 6.54 Å². The number of rotatable bonds is 4. The second kappa shape index (κ2) is 6.80. The van der Waals surface area contributed by atoms with Gasteiger partial charge in [0.15, 0.2) is 0 Å². The largest absolute Gasteiger partial charge is 0.337 e. The Morgan fingerprint density at radius 3 is 2.62 bits per heavy atom. The Kier molecular flexibility index (Phi) is 4.57. The van der Waals surface area contributed by atoms with Gasteiger partial charge in [0, 0.05) is 17.6 Å². The maximum Gasteiger partial charge on any atom is 0.257 e. The van der Waals surface area contributed by atoms with Crippen molar-refractivity contribution < 1.29 is 13.7 Å². The predicted octanol–water partition coefficient (Wildman–Crippen LogP) is 3.80. The molecule has 5 nitrogen and oxygen atoms in total. The van der Waals surface area contributed by atoms with E-state index >= 15 is 0 Å². The average Bonchev–Trinajstić information content (AvgIpc) is 3.04. The lowest BCUT2D eigenvalue weighted by molar-refractivity contribution is 0.0765. The van der Waals surface area contributed by atoms with E-state index < -0.39 is 11.7 Å². The van der Waals surface area contributed by atoms with E-state index in [1.807, 2.05) is 0 Å². The smallest absolute Gasteiger partial charge is 0.257 e. The molecule has 7 heteroatoms. The Hall–Kier alpha value is -2.73. The van der Waals surface area contributed by atoms with Crippen LogP contribution in [0.4, 0.5) is 4.39 Å². The van der Waals surface area contributed by atoms with E-state index in [2.05, 4.69) is 10.1 Å². The van der Waals surface area contributed by atoms with Gasteiger partial charge in [-0.1, -0.05) is 28.9 Å². The van der Waals surface area contributed by atoms with Crippen molar-refractivity contribution in [1.82, 2.24) is 15.0 Å². The quantitative estimate of drug-likeness (QED) is 0.721. The van der Waals surface area contributed by atoms with E-state index in [0.717, 1.165) is 5.56 Å². The van der Waals surface area contributed by atoms with Gasteiger partial charge >= 0.3 is 0 Å². The van der Waals surface area contributed by atoms with Crippen molar-refractivity contribution in [2.24, 2.45) is 0 Å². The summed E-state index contributed by atoms with van der Waals surface area (Å²) in [7, 11) is 1.54. The first kappa shape index (κ1) is 16.1. The molecule has 0 atom stereocenters. The van der Waals surface area contributed by atoms with Crippen molar-refractivity contribution in [3.63, 3.8) is 0 Å². The van der Waals surface area contributed by atoms with Gasteiger partial charge < -0.3 is 9.42 Å². The van der Waals surface area contributed by atoms with Gasteiger partial charge in [0.25, 0.3) is 5.91 Å². The fourth-order valence-corrected chi connectivity index (χ4v) is 2.28. The molecule has 0 aliphatic heterocycles. The Labute approximate surface area is 142 Å². The minimum Gasteiger partial charge on any atom is -0.337 e. The van der Waals surface area contributed by atoms with Crippen LogP contribution in [0.25, 0.3) is 11.4 Å². The molecular formula is C17H13ClFN3O2. The molecule has 0 radical (unpaired) electrons. The highest BCUT2D eigenvalue weighted by Crippen LogP contribution is 2.19. The molecule has 0 bridgehead atoms. The first-order chi connectivity index (χ1) is 11.5. The molecule has 0 fully saturated rings. The molecule has 3 rings (SSSR count). The number of carbonyl (C=O) groups excluding carboxylic acids is 1. The topological polar surface area (TPSA) is 59.2 Å². The van der Waals surface area contributed by atoms with Crippen LogP contribution in [0.3, 0.4) is 0 Å². The molecule has 24 heavy (non-hydrogen) atoms. The monoisotopic (exact) mass is 345 g/mol. The zero-order valence-corrected chi connectivity index (χ0v) is 13.5. The number of halogens is 2. The van der Waals surface area contributed by atoms with Crippen LogP contribution in [-0.4, -0.2) is 28.0 Å². The summed E-state index contributed by atoms with van der Waals surface area (Å²) in [4.78, 5) is 17.8. The highest BCUT2D eigenvalue weighted by Gasteiger charge is 2.18. The van der Waals surface area contributed by atoms with Gasteiger partial charge in [0.05, 0.1) is 12.1 Å². The molecule has 0 unspecified atom stereocenters. The zero-order chi connectivity index (χ0) is 17.1. The van der Waals surface area contributed by atoms with Crippen LogP contribution < -0.4 is 0 Å². The SMILES string of the molecule is CN(Cc1nc(-c2ccc(Cl)cc2)no1)C(=O)c1ccccc1F. The average molecular weight is 346 g/mol. The first-order valence-corrected chi connectivity index (χ1v) is 7.51. The third kappa shape index (κ3) is 3.44. The van der Waals surface area contributed by atoms with Gasteiger partial charge in [-0.05, 0) is 36.4 Å². The number of benzene rings is 2. The lowest BCUT2D eigenvalue weighted by Crippen LogP contribution is -2.27. The highest BCUT2D eigenvalue weighted by molar-refractivity contribution is 6.30. The Morgan fingerprint density at radius 2 is 1.92 bits per heavy atom. The van der Waals surface area contributed by atoms with Gasteiger partial charge in [0.1, 0.15) is 5.82 Å². The Morgan fingerprint density at radius 1 is 1.21 bits per heavy atom. The van der Waals surface area contributed by atoms with Crippen LogP contribution in [0.1, 0.15) is 16.2 Å². The summed E-state index contributed by atoms with van der Waals surface area (Å²) in [5.74, 6) is -0.373. The molecular weight excluding hydrogens is 333 g/mol. The number of amides is 1. The van der Waals surface area contributed by atoms with E-state index in [0.29, 0.717) is 10.8 Å². The molecule has 1 aromatic heterocycles. The molecule has 0 saturated carbocycles. The van der Waals surface area contributed by atoms with Gasteiger partial charge in [-0.15, -0.1) is 0 Å². The zero-order valence-electron chi connectivity index (χ0n) is 12.7. The highest BCUT2D eigenvalue weighted by atomic mass is 35.5. The Balaban J connectivity index is 1.73. The molecule has 0 spiro atoms. The van der Waals surface area contributed by atoms with Gasteiger partial charge in [0.2, 0.25) is 11.7 Å². The number of nitrogens with zero attached hydrogens (tertiary/aromatic N) is 3. The molecule has 1 amide bonds. The molecule has 1 heterocycles. The van der Waals surface area contributed by atoms with Crippen molar-refractivity contribution in [3.8, 4) is 11.4 Å². The lowest BCUT2D eigenvalue weighted by Gasteiger charge is -2.14. The number of hydrogen-bond donors (Lipinski definition) is 0. The van der Waals surface area contributed by atoms with Crippen molar-refractivity contribution in [2.75, 3.05) is 7.05 Å². The Bertz CT molecular complexity index is 864. The molecule has 0 aliphatic rings. The molecule has 122 valence electrons. The van der Waals surface area contributed by atoms with Crippen LogP contribution >= 0.6 is 11.6 Å². The van der Waals surface area contributed by atoms with Crippen LogP contribution in [0.15, 0.2) is 53.1 Å². The van der Waals surface area contributed by atoms with Crippen LogP contribution in [0, 0.1) is 5.82 Å². The summed E-state index contributed by atoms with van der Waals surface area (Å²) in [6.07, 6.45) is 0. The van der Waals surface area contributed by atoms with Crippen LogP contribution in [0.5, 0.6) is 0 Å². The lowest BCUT2D eigenvalue weighted by atomic mass is 10.2. The summed E-state index contributed by atoms with van der Waals surface area (Å²) in [5, 5.41) is 4.49. The minimum absolute atomic E-state index is 0.00237. The first-order valence-electron chi connectivity index (χ1n) is 7.13. The van der Waals surface area contributed by atoms with E-state index in [9.17, 15) is 9.18 Å². The van der Waals surface area contributed by atoms with Gasteiger partial charge in [-0.25, -0.2) is 4.39 Å². The third-order valence-corrected chi connectivity index (χ3v) is 3.65. The molecule has 0 N–H and O–H groups in total. The minimum atomic E-state index is -0.568. The van der Waals surface area contributed by atoms with E-state index in [1.165, 1.54) is 23.1 Å². The summed E-state index contributed by atoms with van der Waals surface area (Å²) >= 11 is 5.84. The maximum atomic E-state index is 13.7. The van der Waals surface area contributed by atoms with E-state index in [-0.39, 0.29) is 18.0 Å². The van der Waals surface area contributed by atoms with Crippen LogP contribution in [-0.2, 0) is 6.54 Å². The summed E-state index contributed by atoms with van der Waals surface area (Å²) in [5.41, 5.74) is 0.745. The fraction of sp³-hybridized carbons (Fsp3) is 0.118. The predicted molar refractivity (Wildman–Crippen MR) is 86.9 cm³/mol. The van der Waals surface area contributed by atoms with Gasteiger partial charge in [-0.3, -0.25) is 4.79 Å². The second-order valence-corrected chi connectivity index (χ2v) is 5.60. The second-order valence-electron chi connectivity index (χ2n) is 5.16. The van der Waals surface area contributed by atoms with E-state index in [4.69, 9.17) is 16.1 Å².